The van der Waals surface area contributed by atoms with Gasteiger partial charge in [-0.3, -0.25) is 4.79 Å². The lowest BCUT2D eigenvalue weighted by atomic mass is 10.1. The van der Waals surface area contributed by atoms with E-state index in [2.05, 4.69) is 9.72 Å². The molecular formula is C13H11NO3. The van der Waals surface area contributed by atoms with Crippen LogP contribution in [-0.4, -0.2) is 24.3 Å². The van der Waals surface area contributed by atoms with Gasteiger partial charge in [0.05, 0.1) is 18.2 Å². The monoisotopic (exact) mass is 229 g/mol. The van der Waals surface area contributed by atoms with Crippen LogP contribution < -0.4 is 0 Å². The van der Waals surface area contributed by atoms with E-state index in [-0.39, 0.29) is 5.97 Å². The van der Waals surface area contributed by atoms with Crippen molar-refractivity contribution < 1.29 is 14.3 Å². The standard InChI is InChI=1S/C13H11NO3/c1-8-5-10(13(16)17-2)6-9-3-4-11(7-15)14-12(8)9/h3-7H,1-2H3. The Morgan fingerprint density at radius 3 is 2.76 bits per heavy atom. The first kappa shape index (κ1) is 11.3. The van der Waals surface area contributed by atoms with Crippen LogP contribution in [0.1, 0.15) is 26.4 Å². The van der Waals surface area contributed by atoms with E-state index in [1.165, 1.54) is 7.11 Å². The Morgan fingerprint density at radius 1 is 1.35 bits per heavy atom. The molecule has 0 aliphatic carbocycles. The van der Waals surface area contributed by atoms with Gasteiger partial charge >= 0.3 is 5.97 Å². The number of carbonyl (C=O) groups is 2. The minimum atomic E-state index is -0.380. The number of aromatic nitrogens is 1. The van der Waals surface area contributed by atoms with Gasteiger partial charge in [0.1, 0.15) is 5.69 Å². The molecule has 4 heteroatoms. The molecule has 86 valence electrons. The number of esters is 1. The molecule has 0 bridgehead atoms. The minimum absolute atomic E-state index is 0.380. The lowest BCUT2D eigenvalue weighted by Crippen LogP contribution is -2.02. The highest BCUT2D eigenvalue weighted by Gasteiger charge is 2.09. The van der Waals surface area contributed by atoms with Crippen molar-refractivity contribution in [3.8, 4) is 0 Å². The van der Waals surface area contributed by atoms with Gasteiger partial charge in [0.25, 0.3) is 0 Å². The third-order valence-corrected chi connectivity index (χ3v) is 2.55. The predicted molar refractivity (Wildman–Crippen MR) is 63.2 cm³/mol. The third-order valence-electron chi connectivity index (χ3n) is 2.55. The highest BCUT2D eigenvalue weighted by atomic mass is 16.5. The van der Waals surface area contributed by atoms with Gasteiger partial charge in [0.2, 0.25) is 0 Å². The number of methoxy groups -OCH3 is 1. The topological polar surface area (TPSA) is 56.3 Å². The molecule has 2 aromatic rings. The van der Waals surface area contributed by atoms with E-state index in [1.54, 1.807) is 24.3 Å². The van der Waals surface area contributed by atoms with Gasteiger partial charge < -0.3 is 4.74 Å². The summed E-state index contributed by atoms with van der Waals surface area (Å²) >= 11 is 0. The molecule has 0 spiro atoms. The number of fused-ring (bicyclic) bond motifs is 1. The van der Waals surface area contributed by atoms with E-state index in [0.29, 0.717) is 17.5 Å². The van der Waals surface area contributed by atoms with Crippen LogP contribution in [0.5, 0.6) is 0 Å². The van der Waals surface area contributed by atoms with Crippen molar-refractivity contribution >= 4 is 23.2 Å². The second-order valence-corrected chi connectivity index (χ2v) is 3.71. The zero-order chi connectivity index (χ0) is 12.4. The molecule has 0 unspecified atom stereocenters. The molecule has 0 saturated carbocycles. The average Bonchev–Trinajstić information content (AvgIpc) is 2.37. The lowest BCUT2D eigenvalue weighted by Gasteiger charge is -2.05. The Bertz CT molecular complexity index is 605. The third kappa shape index (κ3) is 2.01. The summed E-state index contributed by atoms with van der Waals surface area (Å²) in [7, 11) is 1.34. The van der Waals surface area contributed by atoms with Crippen LogP contribution in [0.15, 0.2) is 24.3 Å². The Labute approximate surface area is 98.2 Å². The molecule has 1 aromatic heterocycles. The number of ether oxygens (including phenoxy) is 1. The Balaban J connectivity index is 2.67. The van der Waals surface area contributed by atoms with Crippen LogP contribution >= 0.6 is 0 Å². The first-order valence-electron chi connectivity index (χ1n) is 5.10. The molecule has 2 rings (SSSR count). The summed E-state index contributed by atoms with van der Waals surface area (Å²) in [5.74, 6) is -0.380. The zero-order valence-electron chi connectivity index (χ0n) is 9.56. The van der Waals surface area contributed by atoms with Crippen LogP contribution in [0.2, 0.25) is 0 Å². The van der Waals surface area contributed by atoms with Crippen LogP contribution in [0.25, 0.3) is 10.9 Å². The zero-order valence-corrected chi connectivity index (χ0v) is 9.56. The molecule has 0 fully saturated rings. The van der Waals surface area contributed by atoms with Gasteiger partial charge in [-0.2, -0.15) is 0 Å². The van der Waals surface area contributed by atoms with Crippen LogP contribution in [-0.2, 0) is 4.74 Å². The van der Waals surface area contributed by atoms with E-state index in [9.17, 15) is 9.59 Å². The summed E-state index contributed by atoms with van der Waals surface area (Å²) in [6.45, 7) is 1.84. The molecule has 0 saturated heterocycles. The fourth-order valence-electron chi connectivity index (χ4n) is 1.73. The molecule has 0 atom stereocenters. The quantitative estimate of drug-likeness (QED) is 0.584. The average molecular weight is 229 g/mol. The number of aryl methyl sites for hydroxylation is 1. The number of hydrogen-bond donors (Lipinski definition) is 0. The summed E-state index contributed by atoms with van der Waals surface area (Å²) in [6, 6.07) is 6.80. The van der Waals surface area contributed by atoms with Crippen molar-refractivity contribution in [2.45, 2.75) is 6.92 Å². The largest absolute Gasteiger partial charge is 0.465 e. The Hall–Kier alpha value is -2.23. The number of pyridine rings is 1. The van der Waals surface area contributed by atoms with Crippen molar-refractivity contribution in [3.05, 3.63) is 41.1 Å². The molecule has 0 radical (unpaired) electrons. The second kappa shape index (κ2) is 4.33. The fraction of sp³-hybridized carbons (Fsp3) is 0.154. The summed E-state index contributed by atoms with van der Waals surface area (Å²) in [5.41, 5.74) is 2.43. The smallest absolute Gasteiger partial charge is 0.337 e. The number of rotatable bonds is 2. The van der Waals surface area contributed by atoms with E-state index in [0.717, 1.165) is 16.5 Å². The molecule has 4 nitrogen and oxygen atoms in total. The van der Waals surface area contributed by atoms with E-state index in [1.807, 2.05) is 6.92 Å². The normalized spacial score (nSPS) is 10.2. The molecule has 1 heterocycles. The molecule has 1 aromatic carbocycles. The Kier molecular flexibility index (Phi) is 2.87. The first-order chi connectivity index (χ1) is 8.15. The van der Waals surface area contributed by atoms with Gasteiger partial charge in [-0.25, -0.2) is 9.78 Å². The highest BCUT2D eigenvalue weighted by molar-refractivity contribution is 5.96. The second-order valence-electron chi connectivity index (χ2n) is 3.71. The van der Waals surface area contributed by atoms with Gasteiger partial charge in [-0.15, -0.1) is 0 Å². The maximum absolute atomic E-state index is 11.4. The fourth-order valence-corrected chi connectivity index (χ4v) is 1.73. The van der Waals surface area contributed by atoms with Crippen molar-refractivity contribution in [2.24, 2.45) is 0 Å². The van der Waals surface area contributed by atoms with Crippen molar-refractivity contribution in [3.63, 3.8) is 0 Å². The summed E-state index contributed by atoms with van der Waals surface area (Å²) in [4.78, 5) is 26.3. The molecule has 17 heavy (non-hydrogen) atoms. The maximum atomic E-state index is 11.4. The number of benzene rings is 1. The van der Waals surface area contributed by atoms with Gasteiger partial charge in [-0.1, -0.05) is 6.07 Å². The van der Waals surface area contributed by atoms with E-state index in [4.69, 9.17) is 0 Å². The predicted octanol–water partition coefficient (Wildman–Crippen LogP) is 2.14. The van der Waals surface area contributed by atoms with E-state index >= 15 is 0 Å². The maximum Gasteiger partial charge on any atom is 0.337 e. The van der Waals surface area contributed by atoms with Gasteiger partial charge in [-0.05, 0) is 30.7 Å². The molecule has 0 aliphatic rings. The van der Waals surface area contributed by atoms with Crippen LogP contribution in [0, 0.1) is 6.92 Å². The Morgan fingerprint density at radius 2 is 2.12 bits per heavy atom. The van der Waals surface area contributed by atoms with Crippen LogP contribution in [0.3, 0.4) is 0 Å². The number of carbonyl (C=O) groups excluding carboxylic acids is 2. The minimum Gasteiger partial charge on any atom is -0.465 e. The van der Waals surface area contributed by atoms with Gasteiger partial charge in [0, 0.05) is 5.39 Å². The number of aldehydes is 1. The lowest BCUT2D eigenvalue weighted by molar-refractivity contribution is 0.0600. The highest BCUT2D eigenvalue weighted by Crippen LogP contribution is 2.19. The van der Waals surface area contributed by atoms with Crippen LogP contribution in [0.4, 0.5) is 0 Å². The number of hydrogen-bond acceptors (Lipinski definition) is 4. The summed E-state index contributed by atoms with van der Waals surface area (Å²) in [6.07, 6.45) is 0.701. The first-order valence-corrected chi connectivity index (χ1v) is 5.10. The molecule has 0 aliphatic heterocycles. The van der Waals surface area contributed by atoms with Crippen molar-refractivity contribution in [2.75, 3.05) is 7.11 Å². The molecular weight excluding hydrogens is 218 g/mol. The SMILES string of the molecule is COC(=O)c1cc(C)c2nc(C=O)ccc2c1. The van der Waals surface area contributed by atoms with Crippen molar-refractivity contribution in [1.29, 1.82) is 0 Å². The molecule has 0 amide bonds. The van der Waals surface area contributed by atoms with Crippen molar-refractivity contribution in [1.82, 2.24) is 4.98 Å². The summed E-state index contributed by atoms with van der Waals surface area (Å²) in [5, 5.41) is 0.816. The molecule has 0 N–H and O–H groups in total. The number of nitrogens with zero attached hydrogens (tertiary/aromatic N) is 1. The summed E-state index contributed by atoms with van der Waals surface area (Å²) < 4.78 is 4.67. The van der Waals surface area contributed by atoms with Gasteiger partial charge in [0.15, 0.2) is 6.29 Å². The van der Waals surface area contributed by atoms with E-state index < -0.39 is 0 Å².